The summed E-state index contributed by atoms with van der Waals surface area (Å²) in [5, 5.41) is 0. The number of ether oxygens (including phenoxy) is 1. The molecule has 1 unspecified atom stereocenters. The second kappa shape index (κ2) is 15.0. The zero-order chi connectivity index (χ0) is 40.0. The van der Waals surface area contributed by atoms with Crippen molar-refractivity contribution in [1.82, 2.24) is 0 Å². The minimum Gasteiger partial charge on any atom is -0.496 e. The van der Waals surface area contributed by atoms with E-state index < -0.39 is 0 Å². The van der Waals surface area contributed by atoms with E-state index in [1.54, 1.807) is 7.11 Å². The number of hydrogen-bond donors (Lipinski definition) is 0. The molecule has 0 spiro atoms. The number of rotatable bonds is 9. The number of allylic oxidation sites excluding steroid dienone is 2. The van der Waals surface area contributed by atoms with Crippen LogP contribution in [-0.2, 0) is 10.8 Å². The van der Waals surface area contributed by atoms with Gasteiger partial charge in [-0.25, -0.2) is 0 Å². The molecule has 7 aromatic carbocycles. The fraction of sp³-hybridized carbons (Fsp3) is 0.214. The van der Waals surface area contributed by atoms with Gasteiger partial charge in [-0.3, -0.25) is 0 Å². The molecule has 2 aliphatic carbocycles. The van der Waals surface area contributed by atoms with E-state index in [4.69, 9.17) is 4.74 Å². The monoisotopic (exact) mass is 755 g/mol. The molecule has 0 radical (unpaired) electrons. The summed E-state index contributed by atoms with van der Waals surface area (Å²) in [4.78, 5) is 2.48. The molecule has 0 bridgehead atoms. The van der Waals surface area contributed by atoms with Crippen LogP contribution >= 0.6 is 0 Å². The standard InChI is InChI=1S/C56H53NO/c1-38-25-26-42(36-51(38)55(2,3)43-19-11-8-12-20-43)49-35-41(46-21-14-16-24-54(46)58-6)29-34-53(49)57(44-30-27-40(28-31-44)39-17-9-7-10-18-39)45-32-33-48-47-22-13-15-23-50(47)56(4,5)52(48)37-45/h7,9-11,13-19,21-37,43H,8,12,20H2,1-6H3. The molecule has 0 aromatic heterocycles. The van der Waals surface area contributed by atoms with Gasteiger partial charge in [-0.15, -0.1) is 0 Å². The van der Waals surface area contributed by atoms with Crippen molar-refractivity contribution in [2.75, 3.05) is 12.0 Å². The second-order valence-electron chi connectivity index (χ2n) is 17.3. The SMILES string of the molecule is COc1ccccc1-c1ccc(N(c2ccc(-c3ccccc3)cc2)c2ccc3c(c2)C(C)(C)c2ccccc2-3)c(-c2ccc(C)c(C(C)(C)C3C=CCCC3)c2)c1. The average Bonchev–Trinajstić information content (AvgIpc) is 3.50. The number of para-hydroxylation sites is 1. The lowest BCUT2D eigenvalue weighted by atomic mass is 9.68. The summed E-state index contributed by atoms with van der Waals surface area (Å²) in [5.41, 5.74) is 18.3. The highest BCUT2D eigenvalue weighted by Crippen LogP contribution is 2.52. The number of anilines is 3. The molecule has 1 atom stereocenters. The fourth-order valence-electron chi connectivity index (χ4n) is 9.80. The Balaban J connectivity index is 1.28. The van der Waals surface area contributed by atoms with Crippen LogP contribution in [-0.4, -0.2) is 7.11 Å². The predicted octanol–water partition coefficient (Wildman–Crippen LogP) is 15.4. The molecule has 0 heterocycles. The summed E-state index contributed by atoms with van der Waals surface area (Å²) >= 11 is 0. The molecule has 0 saturated carbocycles. The number of aryl methyl sites for hydroxylation is 1. The lowest BCUT2D eigenvalue weighted by Gasteiger charge is -2.36. The first-order valence-electron chi connectivity index (χ1n) is 20.9. The summed E-state index contributed by atoms with van der Waals surface area (Å²) in [7, 11) is 1.76. The lowest BCUT2D eigenvalue weighted by Crippen LogP contribution is -2.29. The first-order chi connectivity index (χ1) is 28.1. The molecule has 288 valence electrons. The van der Waals surface area contributed by atoms with E-state index in [-0.39, 0.29) is 10.8 Å². The van der Waals surface area contributed by atoms with Gasteiger partial charge in [0, 0.05) is 27.9 Å². The third kappa shape index (κ3) is 6.55. The van der Waals surface area contributed by atoms with Crippen LogP contribution in [0.2, 0.25) is 0 Å². The van der Waals surface area contributed by atoms with Crippen molar-refractivity contribution in [3.8, 4) is 50.3 Å². The van der Waals surface area contributed by atoms with Crippen LogP contribution in [0.3, 0.4) is 0 Å². The van der Waals surface area contributed by atoms with Gasteiger partial charge in [-0.2, -0.15) is 0 Å². The molecular weight excluding hydrogens is 703 g/mol. The van der Waals surface area contributed by atoms with Gasteiger partial charge in [0.1, 0.15) is 5.75 Å². The predicted molar refractivity (Wildman–Crippen MR) is 246 cm³/mol. The summed E-state index contributed by atoms with van der Waals surface area (Å²) < 4.78 is 5.93. The van der Waals surface area contributed by atoms with Crippen LogP contribution in [0.25, 0.3) is 44.5 Å². The maximum Gasteiger partial charge on any atom is 0.126 e. The Hall–Kier alpha value is -6.12. The van der Waals surface area contributed by atoms with Crippen LogP contribution in [0.1, 0.15) is 69.2 Å². The zero-order valence-corrected chi connectivity index (χ0v) is 34.7. The topological polar surface area (TPSA) is 12.5 Å². The van der Waals surface area contributed by atoms with E-state index >= 15 is 0 Å². The van der Waals surface area contributed by atoms with Crippen molar-refractivity contribution in [2.45, 2.75) is 64.7 Å². The quantitative estimate of drug-likeness (QED) is 0.136. The Morgan fingerprint density at radius 1 is 0.586 bits per heavy atom. The minimum absolute atomic E-state index is 0.0229. The van der Waals surface area contributed by atoms with Crippen LogP contribution in [0.5, 0.6) is 5.75 Å². The third-order valence-corrected chi connectivity index (χ3v) is 13.1. The van der Waals surface area contributed by atoms with Gasteiger partial charge in [0.2, 0.25) is 0 Å². The van der Waals surface area contributed by atoms with E-state index in [2.05, 4.69) is 203 Å². The van der Waals surface area contributed by atoms with E-state index in [0.29, 0.717) is 5.92 Å². The molecule has 0 saturated heterocycles. The Labute approximate surface area is 345 Å². The highest BCUT2D eigenvalue weighted by Gasteiger charge is 2.36. The Bertz CT molecular complexity index is 2650. The molecular formula is C56H53NO. The Morgan fingerprint density at radius 3 is 1.98 bits per heavy atom. The molecule has 58 heavy (non-hydrogen) atoms. The van der Waals surface area contributed by atoms with E-state index in [0.717, 1.165) is 33.9 Å². The maximum atomic E-state index is 5.93. The largest absolute Gasteiger partial charge is 0.496 e. The summed E-state index contributed by atoms with van der Waals surface area (Å²) in [6, 6.07) is 58.2. The van der Waals surface area contributed by atoms with Gasteiger partial charge < -0.3 is 9.64 Å². The van der Waals surface area contributed by atoms with Crippen molar-refractivity contribution in [2.24, 2.45) is 5.92 Å². The lowest BCUT2D eigenvalue weighted by molar-refractivity contribution is 0.343. The van der Waals surface area contributed by atoms with Crippen LogP contribution in [0.4, 0.5) is 17.1 Å². The molecule has 0 fully saturated rings. The number of benzene rings is 7. The minimum atomic E-state index is -0.133. The first-order valence-corrected chi connectivity index (χ1v) is 20.9. The van der Waals surface area contributed by atoms with Crippen molar-refractivity contribution in [1.29, 1.82) is 0 Å². The van der Waals surface area contributed by atoms with Crippen molar-refractivity contribution >= 4 is 17.1 Å². The highest BCUT2D eigenvalue weighted by atomic mass is 16.5. The third-order valence-electron chi connectivity index (χ3n) is 13.1. The molecule has 2 nitrogen and oxygen atoms in total. The van der Waals surface area contributed by atoms with Gasteiger partial charge in [0.25, 0.3) is 0 Å². The van der Waals surface area contributed by atoms with Gasteiger partial charge >= 0.3 is 0 Å². The highest BCUT2D eigenvalue weighted by molar-refractivity contribution is 5.93. The van der Waals surface area contributed by atoms with Crippen molar-refractivity contribution in [3.05, 3.63) is 192 Å². The fourth-order valence-corrected chi connectivity index (χ4v) is 9.80. The number of nitrogens with zero attached hydrogens (tertiary/aromatic N) is 1. The molecule has 2 aliphatic rings. The molecule has 0 aliphatic heterocycles. The molecule has 7 aromatic rings. The smallest absolute Gasteiger partial charge is 0.126 e. The average molecular weight is 756 g/mol. The van der Waals surface area contributed by atoms with E-state index in [9.17, 15) is 0 Å². The van der Waals surface area contributed by atoms with Crippen molar-refractivity contribution in [3.63, 3.8) is 0 Å². The Kier molecular flexibility index (Phi) is 9.68. The van der Waals surface area contributed by atoms with Crippen molar-refractivity contribution < 1.29 is 4.74 Å². The molecule has 9 rings (SSSR count). The molecule has 2 heteroatoms. The first kappa shape index (κ1) is 37.5. The summed E-state index contributed by atoms with van der Waals surface area (Å²) in [5.74, 6) is 1.36. The normalized spacial score (nSPS) is 15.4. The van der Waals surface area contributed by atoms with Gasteiger partial charge in [0.15, 0.2) is 0 Å². The van der Waals surface area contributed by atoms with Crippen LogP contribution in [0, 0.1) is 12.8 Å². The van der Waals surface area contributed by atoms with E-state index in [1.165, 1.54) is 74.9 Å². The number of hydrogen-bond acceptors (Lipinski definition) is 2. The Morgan fingerprint density at radius 2 is 1.22 bits per heavy atom. The molecule has 0 N–H and O–H groups in total. The van der Waals surface area contributed by atoms with Gasteiger partial charge in [-0.1, -0.05) is 155 Å². The van der Waals surface area contributed by atoms with Gasteiger partial charge in [0.05, 0.1) is 12.8 Å². The summed E-state index contributed by atoms with van der Waals surface area (Å²) in [6.07, 6.45) is 8.50. The summed E-state index contributed by atoms with van der Waals surface area (Å²) in [6.45, 7) is 11.9. The second-order valence-corrected chi connectivity index (χ2v) is 17.3. The van der Waals surface area contributed by atoms with E-state index in [1.807, 2.05) is 6.07 Å². The number of methoxy groups -OCH3 is 1. The van der Waals surface area contributed by atoms with Gasteiger partial charge in [-0.05, 0) is 136 Å². The molecule has 0 amide bonds. The maximum absolute atomic E-state index is 5.93. The number of fused-ring (bicyclic) bond motifs is 3. The van der Waals surface area contributed by atoms with Crippen LogP contribution in [0.15, 0.2) is 170 Å². The van der Waals surface area contributed by atoms with Crippen LogP contribution < -0.4 is 9.64 Å². The zero-order valence-electron chi connectivity index (χ0n) is 34.7.